The first kappa shape index (κ1) is 15.6. The zero-order valence-corrected chi connectivity index (χ0v) is 13.2. The van der Waals surface area contributed by atoms with Gasteiger partial charge in [-0.3, -0.25) is 4.79 Å². The number of furan rings is 1. The van der Waals surface area contributed by atoms with E-state index < -0.39 is 0 Å². The summed E-state index contributed by atoms with van der Waals surface area (Å²) in [6, 6.07) is 14.4. The second-order valence-corrected chi connectivity index (χ2v) is 5.02. The fraction of sp³-hybridized carbons (Fsp3) is 0.111. The number of para-hydroxylation sites is 2. The molecule has 24 heavy (non-hydrogen) atoms. The molecule has 3 aromatic rings. The number of anilines is 2. The van der Waals surface area contributed by atoms with Crippen LogP contribution in [0, 0.1) is 0 Å². The van der Waals surface area contributed by atoms with Gasteiger partial charge in [0, 0.05) is 0 Å². The van der Waals surface area contributed by atoms with Crippen LogP contribution in [-0.2, 0) is 6.54 Å². The Kier molecular flexibility index (Phi) is 4.76. The van der Waals surface area contributed by atoms with Crippen molar-refractivity contribution in [2.75, 3.05) is 17.7 Å². The molecule has 1 amide bonds. The molecule has 6 nitrogen and oxygen atoms in total. The van der Waals surface area contributed by atoms with Crippen molar-refractivity contribution in [3.8, 4) is 5.75 Å². The van der Waals surface area contributed by atoms with Crippen molar-refractivity contribution in [1.29, 1.82) is 0 Å². The zero-order chi connectivity index (χ0) is 16.8. The van der Waals surface area contributed by atoms with Crippen molar-refractivity contribution >= 4 is 17.3 Å². The monoisotopic (exact) mass is 323 g/mol. The summed E-state index contributed by atoms with van der Waals surface area (Å²) in [6.07, 6.45) is 3.24. The van der Waals surface area contributed by atoms with Crippen LogP contribution in [0.1, 0.15) is 16.2 Å². The first-order valence-corrected chi connectivity index (χ1v) is 7.43. The third kappa shape index (κ3) is 3.73. The van der Waals surface area contributed by atoms with Crippen LogP contribution in [0.5, 0.6) is 5.75 Å². The molecule has 6 heteroatoms. The molecule has 2 aromatic heterocycles. The van der Waals surface area contributed by atoms with Crippen LogP contribution < -0.4 is 15.4 Å². The first-order chi connectivity index (χ1) is 11.8. The SMILES string of the molecule is COc1ccccc1NC(=O)c1ccc(NCc2ccco2)cn1. The highest BCUT2D eigenvalue weighted by Crippen LogP contribution is 2.23. The molecular weight excluding hydrogens is 306 g/mol. The molecule has 0 unspecified atom stereocenters. The van der Waals surface area contributed by atoms with E-state index in [2.05, 4.69) is 15.6 Å². The Morgan fingerprint density at radius 2 is 2.04 bits per heavy atom. The normalized spacial score (nSPS) is 10.2. The predicted octanol–water partition coefficient (Wildman–Crippen LogP) is 3.55. The number of carbonyl (C=O) groups is 1. The summed E-state index contributed by atoms with van der Waals surface area (Å²) >= 11 is 0. The third-order valence-corrected chi connectivity index (χ3v) is 3.40. The van der Waals surface area contributed by atoms with Gasteiger partial charge in [-0.15, -0.1) is 0 Å². The highest BCUT2D eigenvalue weighted by Gasteiger charge is 2.10. The number of hydrogen-bond acceptors (Lipinski definition) is 5. The lowest BCUT2D eigenvalue weighted by Crippen LogP contribution is -2.14. The summed E-state index contributed by atoms with van der Waals surface area (Å²) in [7, 11) is 1.56. The number of hydrogen-bond donors (Lipinski definition) is 2. The highest BCUT2D eigenvalue weighted by molar-refractivity contribution is 6.03. The number of methoxy groups -OCH3 is 1. The first-order valence-electron chi connectivity index (χ1n) is 7.43. The number of nitrogens with one attached hydrogen (secondary N) is 2. The molecular formula is C18H17N3O3. The lowest BCUT2D eigenvalue weighted by atomic mass is 10.2. The minimum Gasteiger partial charge on any atom is -0.495 e. The molecule has 0 saturated carbocycles. The largest absolute Gasteiger partial charge is 0.495 e. The van der Waals surface area contributed by atoms with Crippen LogP contribution >= 0.6 is 0 Å². The van der Waals surface area contributed by atoms with Gasteiger partial charge >= 0.3 is 0 Å². The molecule has 3 rings (SSSR count). The quantitative estimate of drug-likeness (QED) is 0.725. The molecule has 122 valence electrons. The molecule has 0 radical (unpaired) electrons. The zero-order valence-electron chi connectivity index (χ0n) is 13.2. The van der Waals surface area contributed by atoms with Crippen molar-refractivity contribution in [3.63, 3.8) is 0 Å². The average molecular weight is 323 g/mol. The second-order valence-electron chi connectivity index (χ2n) is 5.02. The van der Waals surface area contributed by atoms with E-state index >= 15 is 0 Å². The fourth-order valence-corrected chi connectivity index (χ4v) is 2.17. The number of rotatable bonds is 6. The number of ether oxygens (including phenoxy) is 1. The maximum Gasteiger partial charge on any atom is 0.274 e. The Labute approximate surface area is 139 Å². The summed E-state index contributed by atoms with van der Waals surface area (Å²) in [5.41, 5.74) is 1.73. The molecule has 0 saturated heterocycles. The minimum absolute atomic E-state index is 0.294. The van der Waals surface area contributed by atoms with E-state index in [9.17, 15) is 4.79 Å². The lowest BCUT2D eigenvalue weighted by Gasteiger charge is -2.10. The smallest absolute Gasteiger partial charge is 0.274 e. The molecule has 0 aliphatic rings. The number of pyridine rings is 1. The van der Waals surface area contributed by atoms with E-state index in [0.29, 0.717) is 23.7 Å². The van der Waals surface area contributed by atoms with Gasteiger partial charge in [-0.05, 0) is 36.4 Å². The predicted molar refractivity (Wildman–Crippen MR) is 91.2 cm³/mol. The van der Waals surface area contributed by atoms with E-state index in [4.69, 9.17) is 9.15 Å². The summed E-state index contributed by atoms with van der Waals surface area (Å²) in [6.45, 7) is 0.557. The number of nitrogens with zero attached hydrogens (tertiary/aromatic N) is 1. The van der Waals surface area contributed by atoms with Crippen LogP contribution in [0.3, 0.4) is 0 Å². The van der Waals surface area contributed by atoms with Crippen LogP contribution in [-0.4, -0.2) is 18.0 Å². The number of amides is 1. The molecule has 1 aromatic carbocycles. The molecule has 0 bridgehead atoms. The van der Waals surface area contributed by atoms with Gasteiger partial charge in [0.2, 0.25) is 0 Å². The maximum atomic E-state index is 12.3. The Morgan fingerprint density at radius 1 is 1.17 bits per heavy atom. The number of aromatic nitrogens is 1. The van der Waals surface area contributed by atoms with Crippen molar-refractivity contribution in [2.24, 2.45) is 0 Å². The van der Waals surface area contributed by atoms with Gasteiger partial charge in [-0.25, -0.2) is 4.98 Å². The van der Waals surface area contributed by atoms with Gasteiger partial charge < -0.3 is 19.8 Å². The molecule has 2 heterocycles. The van der Waals surface area contributed by atoms with Gasteiger partial charge in [0.15, 0.2) is 0 Å². The number of carbonyl (C=O) groups excluding carboxylic acids is 1. The molecule has 0 atom stereocenters. The Hall–Kier alpha value is -3.28. The fourth-order valence-electron chi connectivity index (χ4n) is 2.17. The molecule has 0 aliphatic carbocycles. The lowest BCUT2D eigenvalue weighted by molar-refractivity contribution is 0.102. The average Bonchev–Trinajstić information content (AvgIpc) is 3.14. The van der Waals surface area contributed by atoms with Crippen molar-refractivity contribution in [3.05, 3.63) is 72.4 Å². The van der Waals surface area contributed by atoms with E-state index in [-0.39, 0.29) is 5.91 Å². The van der Waals surface area contributed by atoms with Crippen LogP contribution in [0.2, 0.25) is 0 Å². The van der Waals surface area contributed by atoms with E-state index in [1.165, 1.54) is 0 Å². The Balaban J connectivity index is 1.63. The molecule has 0 aliphatic heterocycles. The highest BCUT2D eigenvalue weighted by atomic mass is 16.5. The van der Waals surface area contributed by atoms with Gasteiger partial charge in [-0.2, -0.15) is 0 Å². The standard InChI is InChI=1S/C18H17N3O3/c1-23-17-7-3-2-6-15(17)21-18(22)16-9-8-13(11-20-16)19-12-14-5-4-10-24-14/h2-11,19H,12H2,1H3,(H,21,22). The Morgan fingerprint density at radius 3 is 2.75 bits per heavy atom. The topological polar surface area (TPSA) is 76.4 Å². The number of benzene rings is 1. The van der Waals surface area contributed by atoms with Crippen molar-refractivity contribution < 1.29 is 13.9 Å². The van der Waals surface area contributed by atoms with Gasteiger partial charge in [0.05, 0.1) is 37.5 Å². The second kappa shape index (κ2) is 7.32. The van der Waals surface area contributed by atoms with Crippen LogP contribution in [0.15, 0.2) is 65.4 Å². The van der Waals surface area contributed by atoms with Crippen molar-refractivity contribution in [2.45, 2.75) is 6.54 Å². The van der Waals surface area contributed by atoms with Gasteiger partial charge in [0.25, 0.3) is 5.91 Å². The van der Waals surface area contributed by atoms with Crippen LogP contribution in [0.25, 0.3) is 0 Å². The summed E-state index contributed by atoms with van der Waals surface area (Å²) in [5, 5.41) is 5.96. The maximum absolute atomic E-state index is 12.3. The minimum atomic E-state index is -0.294. The van der Waals surface area contributed by atoms with E-state index in [1.54, 1.807) is 43.8 Å². The Bertz CT molecular complexity index is 799. The summed E-state index contributed by atoms with van der Waals surface area (Å²) in [4.78, 5) is 16.5. The summed E-state index contributed by atoms with van der Waals surface area (Å²) < 4.78 is 10.5. The van der Waals surface area contributed by atoms with E-state index in [1.807, 2.05) is 24.3 Å². The van der Waals surface area contributed by atoms with Gasteiger partial charge in [0.1, 0.15) is 17.2 Å². The summed E-state index contributed by atoms with van der Waals surface area (Å²) in [5.74, 6) is 1.13. The molecule has 2 N–H and O–H groups in total. The van der Waals surface area contributed by atoms with Crippen LogP contribution in [0.4, 0.5) is 11.4 Å². The van der Waals surface area contributed by atoms with Gasteiger partial charge in [-0.1, -0.05) is 12.1 Å². The third-order valence-electron chi connectivity index (χ3n) is 3.40. The molecule has 0 spiro atoms. The van der Waals surface area contributed by atoms with Crippen molar-refractivity contribution in [1.82, 2.24) is 4.98 Å². The molecule has 0 fully saturated rings. The van der Waals surface area contributed by atoms with E-state index in [0.717, 1.165) is 11.4 Å².